The molecule has 2 rings (SSSR count). The minimum absolute atomic E-state index is 0.214. The number of alkyl halides is 1. The number of esters is 1. The van der Waals surface area contributed by atoms with E-state index >= 15 is 0 Å². The fourth-order valence-electron chi connectivity index (χ4n) is 2.13. The molecule has 0 aliphatic carbocycles. The van der Waals surface area contributed by atoms with E-state index in [1.165, 1.54) is 7.11 Å². The molecule has 0 amide bonds. The summed E-state index contributed by atoms with van der Waals surface area (Å²) < 4.78 is 4.28. The van der Waals surface area contributed by atoms with Crippen LogP contribution in [0.4, 0.5) is 0 Å². The maximum absolute atomic E-state index is 12.0. The van der Waals surface area contributed by atoms with Crippen LogP contribution >= 0.6 is 34.2 Å². The molecule has 1 unspecified atom stereocenters. The molecular formula is C13H16ClIN2O2. The van der Waals surface area contributed by atoms with Crippen molar-refractivity contribution in [1.29, 1.82) is 0 Å². The van der Waals surface area contributed by atoms with Crippen LogP contribution in [0.3, 0.4) is 0 Å². The fourth-order valence-corrected chi connectivity index (χ4v) is 3.16. The Labute approximate surface area is 131 Å². The van der Waals surface area contributed by atoms with Crippen LogP contribution < -0.4 is 5.32 Å². The number of halogens is 2. The molecule has 1 fully saturated rings. The number of benzene rings is 1. The number of rotatable bonds is 3. The Kier molecular flexibility index (Phi) is 5.05. The molecule has 6 heteroatoms. The molecular weight excluding hydrogens is 379 g/mol. The van der Waals surface area contributed by atoms with E-state index in [1.54, 1.807) is 0 Å². The highest BCUT2D eigenvalue weighted by atomic mass is 127. The number of piperazine rings is 1. The van der Waals surface area contributed by atoms with Gasteiger partial charge in [0.2, 0.25) is 0 Å². The lowest BCUT2D eigenvalue weighted by Crippen LogP contribution is -2.61. The molecule has 1 aliphatic rings. The lowest BCUT2D eigenvalue weighted by molar-refractivity contribution is -0.149. The van der Waals surface area contributed by atoms with Crippen LogP contribution in [-0.4, -0.2) is 41.2 Å². The van der Waals surface area contributed by atoms with Gasteiger partial charge in [-0.15, -0.1) is 0 Å². The SMILES string of the molecule is COC(=O)C1(I)CNCCN1Cc1ccc(Cl)cc1. The highest BCUT2D eigenvalue weighted by molar-refractivity contribution is 14.1. The van der Waals surface area contributed by atoms with Gasteiger partial charge in [-0.25, -0.2) is 4.79 Å². The minimum atomic E-state index is -0.648. The van der Waals surface area contributed by atoms with Crippen LogP contribution in [0.15, 0.2) is 24.3 Å². The smallest absolute Gasteiger partial charge is 0.337 e. The van der Waals surface area contributed by atoms with Gasteiger partial charge in [0.15, 0.2) is 3.55 Å². The lowest BCUT2D eigenvalue weighted by atomic mass is 10.1. The second-order valence-corrected chi connectivity index (χ2v) is 6.70. The minimum Gasteiger partial charge on any atom is -0.467 e. The monoisotopic (exact) mass is 394 g/mol. The van der Waals surface area contributed by atoms with Crippen LogP contribution in [0.25, 0.3) is 0 Å². The molecule has 1 aromatic carbocycles. The van der Waals surface area contributed by atoms with Crippen molar-refractivity contribution in [3.05, 3.63) is 34.9 Å². The average molecular weight is 395 g/mol. The number of ether oxygens (including phenoxy) is 1. The zero-order chi connectivity index (χ0) is 13.9. The Bertz CT molecular complexity index is 454. The van der Waals surface area contributed by atoms with Crippen molar-refractivity contribution >= 4 is 40.2 Å². The lowest BCUT2D eigenvalue weighted by Gasteiger charge is -2.41. The first kappa shape index (κ1) is 15.0. The first-order valence-corrected chi connectivity index (χ1v) is 7.49. The summed E-state index contributed by atoms with van der Waals surface area (Å²) in [5, 5.41) is 3.96. The Morgan fingerprint density at radius 1 is 1.53 bits per heavy atom. The van der Waals surface area contributed by atoms with Crippen LogP contribution in [0.5, 0.6) is 0 Å². The summed E-state index contributed by atoms with van der Waals surface area (Å²) in [6, 6.07) is 7.70. The third kappa shape index (κ3) is 3.39. The molecule has 4 nitrogen and oxygen atoms in total. The zero-order valence-corrected chi connectivity index (χ0v) is 13.6. The van der Waals surface area contributed by atoms with Gasteiger partial charge in [0.25, 0.3) is 0 Å². The number of nitrogens with one attached hydrogen (secondary N) is 1. The summed E-state index contributed by atoms with van der Waals surface area (Å²) in [5.74, 6) is -0.214. The highest BCUT2D eigenvalue weighted by Crippen LogP contribution is 2.29. The van der Waals surface area contributed by atoms with Gasteiger partial charge >= 0.3 is 5.97 Å². The van der Waals surface area contributed by atoms with E-state index in [0.29, 0.717) is 13.1 Å². The number of hydrogen-bond acceptors (Lipinski definition) is 4. The Morgan fingerprint density at radius 3 is 2.84 bits per heavy atom. The molecule has 0 spiro atoms. The summed E-state index contributed by atoms with van der Waals surface area (Å²) in [6.07, 6.45) is 0. The maximum atomic E-state index is 12.0. The molecule has 1 heterocycles. The van der Waals surface area contributed by atoms with Crippen molar-refractivity contribution in [3.8, 4) is 0 Å². The predicted octanol–water partition coefficient (Wildman–Crippen LogP) is 2.05. The van der Waals surface area contributed by atoms with Crippen molar-refractivity contribution in [3.63, 3.8) is 0 Å². The third-order valence-electron chi connectivity index (χ3n) is 3.20. The van der Waals surface area contributed by atoms with Crippen molar-refractivity contribution in [2.45, 2.75) is 10.1 Å². The van der Waals surface area contributed by atoms with Crippen LogP contribution in [0.2, 0.25) is 5.02 Å². The molecule has 1 N–H and O–H groups in total. The zero-order valence-electron chi connectivity index (χ0n) is 10.7. The fraction of sp³-hybridized carbons (Fsp3) is 0.462. The molecule has 1 atom stereocenters. The summed E-state index contributed by atoms with van der Waals surface area (Å²) in [5.41, 5.74) is 1.14. The topological polar surface area (TPSA) is 41.6 Å². The molecule has 0 radical (unpaired) electrons. The van der Waals surface area contributed by atoms with E-state index < -0.39 is 3.55 Å². The van der Waals surface area contributed by atoms with E-state index in [2.05, 4.69) is 32.8 Å². The molecule has 0 bridgehead atoms. The van der Waals surface area contributed by atoms with Gasteiger partial charge in [0.1, 0.15) is 0 Å². The quantitative estimate of drug-likeness (QED) is 0.369. The number of nitrogens with zero attached hydrogens (tertiary/aromatic N) is 1. The normalized spacial score (nSPS) is 24.2. The summed E-state index contributed by atoms with van der Waals surface area (Å²) >= 11 is 8.06. The van der Waals surface area contributed by atoms with Gasteiger partial charge in [-0.1, -0.05) is 23.7 Å². The molecule has 104 valence electrons. The summed E-state index contributed by atoms with van der Waals surface area (Å²) in [7, 11) is 1.43. The summed E-state index contributed by atoms with van der Waals surface area (Å²) in [4.78, 5) is 14.1. The van der Waals surface area contributed by atoms with Gasteiger partial charge in [0, 0.05) is 31.2 Å². The van der Waals surface area contributed by atoms with E-state index in [4.69, 9.17) is 16.3 Å². The molecule has 1 saturated heterocycles. The Balaban J connectivity index is 2.16. The molecule has 0 aromatic heterocycles. The second-order valence-electron chi connectivity index (χ2n) is 4.48. The van der Waals surface area contributed by atoms with Gasteiger partial charge in [-0.2, -0.15) is 0 Å². The van der Waals surface area contributed by atoms with Crippen LogP contribution in [0.1, 0.15) is 5.56 Å². The first-order chi connectivity index (χ1) is 9.06. The van der Waals surface area contributed by atoms with Gasteiger partial charge < -0.3 is 10.1 Å². The van der Waals surface area contributed by atoms with Crippen molar-refractivity contribution in [1.82, 2.24) is 10.2 Å². The number of carbonyl (C=O) groups excluding carboxylic acids is 1. The van der Waals surface area contributed by atoms with Gasteiger partial charge in [-0.05, 0) is 40.3 Å². The molecule has 1 aliphatic heterocycles. The molecule has 0 saturated carbocycles. The van der Waals surface area contributed by atoms with E-state index in [-0.39, 0.29) is 5.97 Å². The Morgan fingerprint density at radius 2 is 2.21 bits per heavy atom. The van der Waals surface area contributed by atoms with E-state index in [0.717, 1.165) is 23.7 Å². The third-order valence-corrected chi connectivity index (χ3v) is 4.96. The number of hydrogen-bond donors (Lipinski definition) is 1. The molecule has 19 heavy (non-hydrogen) atoms. The largest absolute Gasteiger partial charge is 0.467 e. The van der Waals surface area contributed by atoms with Crippen LogP contribution in [0, 0.1) is 0 Å². The maximum Gasteiger partial charge on any atom is 0.337 e. The number of carbonyl (C=O) groups is 1. The standard InChI is InChI=1S/C13H16ClIN2O2/c1-19-12(18)13(15)9-16-6-7-17(13)8-10-2-4-11(14)5-3-10/h2-5,16H,6-9H2,1H3. The van der Waals surface area contributed by atoms with E-state index in [1.807, 2.05) is 24.3 Å². The predicted molar refractivity (Wildman–Crippen MR) is 83.5 cm³/mol. The summed E-state index contributed by atoms with van der Waals surface area (Å²) in [6.45, 7) is 2.97. The van der Waals surface area contributed by atoms with Gasteiger partial charge in [0.05, 0.1) is 7.11 Å². The average Bonchev–Trinajstić information content (AvgIpc) is 2.43. The molecule has 1 aromatic rings. The number of methoxy groups -OCH3 is 1. The van der Waals surface area contributed by atoms with Gasteiger partial charge in [-0.3, -0.25) is 4.90 Å². The first-order valence-electron chi connectivity index (χ1n) is 6.04. The van der Waals surface area contributed by atoms with Crippen molar-refractivity contribution in [2.75, 3.05) is 26.7 Å². The van der Waals surface area contributed by atoms with E-state index in [9.17, 15) is 4.79 Å². The highest BCUT2D eigenvalue weighted by Gasteiger charge is 2.44. The van der Waals surface area contributed by atoms with Crippen molar-refractivity contribution < 1.29 is 9.53 Å². The van der Waals surface area contributed by atoms with Crippen molar-refractivity contribution in [2.24, 2.45) is 0 Å². The van der Waals surface area contributed by atoms with Crippen LogP contribution in [-0.2, 0) is 16.1 Å². The Hall–Kier alpha value is -0.370. The second kappa shape index (κ2) is 6.39.